The number of nitrogens with one attached hydrogen (secondary N) is 2. The highest BCUT2D eigenvalue weighted by molar-refractivity contribution is 5.75. The molecule has 2 amide bonds. The lowest BCUT2D eigenvalue weighted by Crippen LogP contribution is -2.38. The Hall–Kier alpha value is -1.77. The van der Waals surface area contributed by atoms with Crippen molar-refractivity contribution in [3.8, 4) is 6.07 Å². The predicted molar refractivity (Wildman–Crippen MR) is 154 cm³/mol. The van der Waals surface area contributed by atoms with Gasteiger partial charge in [0.1, 0.15) is 0 Å². The lowest BCUT2D eigenvalue weighted by molar-refractivity contribution is -0.121. The van der Waals surface area contributed by atoms with Crippen LogP contribution in [0.25, 0.3) is 0 Å². The summed E-state index contributed by atoms with van der Waals surface area (Å²) in [6.45, 7) is 10.4. The van der Waals surface area contributed by atoms with E-state index in [1.54, 1.807) is 0 Å². The van der Waals surface area contributed by atoms with Gasteiger partial charge in [0.2, 0.25) is 5.91 Å². The molecule has 2 rings (SSSR count). The summed E-state index contributed by atoms with van der Waals surface area (Å²) in [5.74, 6) is 2.69. The number of alkyl carbamates (subject to hydrolysis) is 1. The summed E-state index contributed by atoms with van der Waals surface area (Å²) in [5.41, 5.74) is 0.379. The zero-order valence-corrected chi connectivity index (χ0v) is 25.0. The molecule has 0 aromatic rings. The normalized spacial score (nSPS) is 25.3. The highest BCUT2D eigenvalue weighted by Crippen LogP contribution is 2.37. The lowest BCUT2D eigenvalue weighted by Gasteiger charge is -2.33. The molecule has 1 atom stereocenters. The Labute approximate surface area is 233 Å². The first kappa shape index (κ1) is 32.4. The molecule has 0 aromatic carbocycles. The number of nitriles is 1. The van der Waals surface area contributed by atoms with Gasteiger partial charge in [-0.05, 0) is 119 Å². The molecule has 6 heteroatoms. The smallest absolute Gasteiger partial charge is 0.407 e. The summed E-state index contributed by atoms with van der Waals surface area (Å²) in [6, 6.07) is 2.66. The summed E-state index contributed by atoms with van der Waals surface area (Å²) in [5, 5.41) is 15.2. The van der Waals surface area contributed by atoms with Crippen molar-refractivity contribution in [3.05, 3.63) is 0 Å². The number of carbonyl (C=O) groups excluding carboxylic acids is 2. The number of rotatable bonds is 16. The number of carbonyl (C=O) groups is 2. The molecule has 0 aromatic heterocycles. The van der Waals surface area contributed by atoms with Crippen LogP contribution >= 0.6 is 0 Å². The molecule has 0 heterocycles. The highest BCUT2D eigenvalue weighted by atomic mass is 16.5. The quantitative estimate of drug-likeness (QED) is 0.198. The van der Waals surface area contributed by atoms with Gasteiger partial charge in [-0.15, -0.1) is 0 Å². The SMILES string of the molecule is CCC(C)(CCCNC(=O)CCCCCOC(=O)NC1CCC(CC2CCC(C#N)CC2)CC1)CC(C)C. The highest BCUT2D eigenvalue weighted by Gasteiger charge is 2.27. The van der Waals surface area contributed by atoms with E-state index in [9.17, 15) is 9.59 Å². The predicted octanol–water partition coefficient (Wildman–Crippen LogP) is 7.91. The summed E-state index contributed by atoms with van der Waals surface area (Å²) in [7, 11) is 0. The van der Waals surface area contributed by atoms with Gasteiger partial charge in [0.15, 0.2) is 0 Å². The Morgan fingerprint density at radius 1 is 0.974 bits per heavy atom. The van der Waals surface area contributed by atoms with E-state index in [1.165, 1.54) is 44.9 Å². The van der Waals surface area contributed by atoms with Gasteiger partial charge in [0.05, 0.1) is 12.7 Å². The zero-order chi connectivity index (χ0) is 27.8. The number of hydrogen-bond donors (Lipinski definition) is 2. The third-order valence-electron chi connectivity index (χ3n) is 9.18. The second-order valence-electron chi connectivity index (χ2n) is 13.1. The molecule has 2 N–H and O–H groups in total. The number of amides is 2. The molecular weight excluding hydrogens is 474 g/mol. The Balaban J connectivity index is 1.43. The van der Waals surface area contributed by atoms with E-state index in [-0.39, 0.29) is 24.0 Å². The van der Waals surface area contributed by atoms with Crippen LogP contribution in [0.3, 0.4) is 0 Å². The minimum Gasteiger partial charge on any atom is -0.450 e. The molecule has 0 radical (unpaired) electrons. The van der Waals surface area contributed by atoms with Crippen LogP contribution in [0, 0.1) is 40.4 Å². The Kier molecular flexibility index (Phi) is 15.2. The fourth-order valence-electron chi connectivity index (χ4n) is 6.72. The molecule has 218 valence electrons. The Bertz CT molecular complexity index is 718. The molecule has 1 unspecified atom stereocenters. The van der Waals surface area contributed by atoms with Gasteiger partial charge < -0.3 is 15.4 Å². The van der Waals surface area contributed by atoms with Gasteiger partial charge in [0.25, 0.3) is 0 Å². The summed E-state index contributed by atoms with van der Waals surface area (Å²) < 4.78 is 5.39. The van der Waals surface area contributed by atoms with E-state index in [1.807, 2.05) is 0 Å². The zero-order valence-electron chi connectivity index (χ0n) is 25.0. The maximum atomic E-state index is 12.2. The minimum atomic E-state index is -0.294. The standard InChI is InChI=1S/C32H57N3O3/c1-5-32(4,23-25(2)3)19-9-20-34-30(36)10-7-6-8-21-38-31(37)35-29-17-15-27(16-18-29)22-26-11-13-28(24-33)14-12-26/h25-29H,5-23H2,1-4H3,(H,34,36)(H,35,37). The fraction of sp³-hybridized carbons (Fsp3) is 0.906. The monoisotopic (exact) mass is 531 g/mol. The average molecular weight is 532 g/mol. The summed E-state index contributed by atoms with van der Waals surface area (Å²) >= 11 is 0. The molecular formula is C32H57N3O3. The van der Waals surface area contributed by atoms with Crippen LogP contribution in [-0.2, 0) is 9.53 Å². The number of unbranched alkanes of at least 4 members (excludes halogenated alkanes) is 2. The molecule has 6 nitrogen and oxygen atoms in total. The van der Waals surface area contributed by atoms with E-state index in [4.69, 9.17) is 10.00 Å². The molecule has 2 saturated carbocycles. The van der Waals surface area contributed by atoms with Crippen LogP contribution in [-0.4, -0.2) is 31.2 Å². The first-order valence-electron chi connectivity index (χ1n) is 15.8. The van der Waals surface area contributed by atoms with Crippen LogP contribution in [0.4, 0.5) is 4.79 Å². The topological polar surface area (TPSA) is 91.2 Å². The van der Waals surface area contributed by atoms with E-state index in [2.05, 4.69) is 44.4 Å². The first-order chi connectivity index (χ1) is 18.2. The van der Waals surface area contributed by atoms with Gasteiger partial charge in [-0.1, -0.05) is 34.1 Å². The fourth-order valence-corrected chi connectivity index (χ4v) is 6.72. The van der Waals surface area contributed by atoms with Crippen LogP contribution in [0.15, 0.2) is 0 Å². The van der Waals surface area contributed by atoms with Crippen LogP contribution < -0.4 is 10.6 Å². The Morgan fingerprint density at radius 3 is 2.24 bits per heavy atom. The molecule has 0 saturated heterocycles. The minimum absolute atomic E-state index is 0.135. The third-order valence-corrected chi connectivity index (χ3v) is 9.18. The van der Waals surface area contributed by atoms with Gasteiger partial charge >= 0.3 is 6.09 Å². The van der Waals surface area contributed by atoms with Crippen molar-refractivity contribution in [3.63, 3.8) is 0 Å². The average Bonchev–Trinajstić information content (AvgIpc) is 2.90. The second kappa shape index (κ2) is 17.7. The second-order valence-corrected chi connectivity index (χ2v) is 13.1. The van der Waals surface area contributed by atoms with Crippen molar-refractivity contribution in [2.75, 3.05) is 13.2 Å². The van der Waals surface area contributed by atoms with Crippen LogP contribution in [0.1, 0.15) is 137 Å². The van der Waals surface area contributed by atoms with Gasteiger partial charge in [0, 0.05) is 24.9 Å². The molecule has 0 aliphatic heterocycles. The first-order valence-corrected chi connectivity index (χ1v) is 15.8. The van der Waals surface area contributed by atoms with Crippen molar-refractivity contribution in [2.45, 2.75) is 143 Å². The Morgan fingerprint density at radius 2 is 1.63 bits per heavy atom. The molecule has 2 fully saturated rings. The van der Waals surface area contributed by atoms with Crippen LogP contribution in [0.2, 0.25) is 0 Å². The lowest BCUT2D eigenvalue weighted by atomic mass is 9.74. The largest absolute Gasteiger partial charge is 0.450 e. The molecule has 38 heavy (non-hydrogen) atoms. The van der Waals surface area contributed by atoms with Crippen molar-refractivity contribution in [1.82, 2.24) is 10.6 Å². The molecule has 0 spiro atoms. The van der Waals surface area contributed by atoms with Crippen molar-refractivity contribution in [1.29, 1.82) is 5.26 Å². The van der Waals surface area contributed by atoms with E-state index in [0.29, 0.717) is 24.4 Å². The summed E-state index contributed by atoms with van der Waals surface area (Å²) in [4.78, 5) is 24.3. The number of nitrogens with zero attached hydrogens (tertiary/aromatic N) is 1. The van der Waals surface area contributed by atoms with Gasteiger partial charge in [-0.3, -0.25) is 4.79 Å². The van der Waals surface area contributed by atoms with Gasteiger partial charge in [-0.25, -0.2) is 4.79 Å². The van der Waals surface area contributed by atoms with Crippen molar-refractivity contribution >= 4 is 12.0 Å². The maximum absolute atomic E-state index is 12.2. The van der Waals surface area contributed by atoms with Crippen LogP contribution in [0.5, 0.6) is 0 Å². The van der Waals surface area contributed by atoms with E-state index in [0.717, 1.165) is 76.2 Å². The summed E-state index contributed by atoms with van der Waals surface area (Å²) in [6.07, 6.45) is 17.7. The maximum Gasteiger partial charge on any atom is 0.407 e. The van der Waals surface area contributed by atoms with E-state index >= 15 is 0 Å². The molecule has 0 bridgehead atoms. The molecule has 2 aliphatic carbocycles. The van der Waals surface area contributed by atoms with Gasteiger partial charge in [-0.2, -0.15) is 5.26 Å². The number of ether oxygens (including phenoxy) is 1. The third kappa shape index (κ3) is 13.3. The van der Waals surface area contributed by atoms with Crippen molar-refractivity contribution < 1.29 is 14.3 Å². The van der Waals surface area contributed by atoms with E-state index < -0.39 is 0 Å². The number of hydrogen-bond acceptors (Lipinski definition) is 4. The van der Waals surface area contributed by atoms with Crippen molar-refractivity contribution in [2.24, 2.45) is 29.1 Å². The molecule has 2 aliphatic rings.